The van der Waals surface area contributed by atoms with Crippen LogP contribution >= 0.6 is 12.6 Å². The average molecular weight is 228 g/mol. The van der Waals surface area contributed by atoms with E-state index in [0.29, 0.717) is 30.8 Å². The van der Waals surface area contributed by atoms with Crippen molar-refractivity contribution in [1.82, 2.24) is 15.0 Å². The molecule has 0 saturated heterocycles. The molecule has 1 aromatic heterocycles. The maximum atomic E-state index is 5.37. The highest BCUT2D eigenvalue weighted by Gasteiger charge is 2.01. The van der Waals surface area contributed by atoms with Crippen LogP contribution in [-0.4, -0.2) is 40.3 Å². The maximum Gasteiger partial charge on any atom is 0.227 e. The number of thiol groups is 1. The van der Waals surface area contributed by atoms with E-state index in [9.17, 15) is 0 Å². The quantitative estimate of drug-likeness (QED) is 0.508. The first-order chi connectivity index (χ1) is 7.26. The second-order valence-corrected chi connectivity index (χ2v) is 3.34. The average Bonchev–Trinajstić information content (AvgIpc) is 2.23. The van der Waals surface area contributed by atoms with Gasteiger partial charge in [0, 0.05) is 25.4 Å². The molecular weight excluding hydrogens is 212 g/mol. The molecule has 0 unspecified atom stereocenters. The monoisotopic (exact) mass is 228 g/mol. The predicted molar refractivity (Wildman–Crippen MR) is 64.5 cm³/mol. The Balaban J connectivity index is 2.66. The summed E-state index contributed by atoms with van der Waals surface area (Å²) in [5.41, 5.74) is 5.37. The summed E-state index contributed by atoms with van der Waals surface area (Å²) in [6.07, 6.45) is 0. The van der Waals surface area contributed by atoms with Crippen molar-refractivity contribution in [3.05, 3.63) is 5.82 Å². The van der Waals surface area contributed by atoms with E-state index in [1.54, 1.807) is 0 Å². The van der Waals surface area contributed by atoms with Crippen LogP contribution in [0.1, 0.15) is 5.82 Å². The first-order valence-electron chi connectivity index (χ1n) is 4.77. The van der Waals surface area contributed by atoms with Crippen molar-refractivity contribution in [3.63, 3.8) is 0 Å². The van der Waals surface area contributed by atoms with Crippen molar-refractivity contribution in [2.24, 2.45) is 5.73 Å². The number of nitrogens with two attached hydrogens (primary N) is 1. The summed E-state index contributed by atoms with van der Waals surface area (Å²) in [7, 11) is 0. The Kier molecular flexibility index (Phi) is 5.13. The number of nitrogens with zero attached hydrogens (tertiary/aromatic N) is 3. The van der Waals surface area contributed by atoms with Crippen molar-refractivity contribution in [1.29, 1.82) is 0 Å². The molecule has 1 heterocycles. The summed E-state index contributed by atoms with van der Waals surface area (Å²) < 4.78 is 0. The normalized spacial score (nSPS) is 10.1. The van der Waals surface area contributed by atoms with E-state index in [-0.39, 0.29) is 0 Å². The third-order valence-electron chi connectivity index (χ3n) is 1.57. The summed E-state index contributed by atoms with van der Waals surface area (Å²) in [6, 6.07) is 0. The van der Waals surface area contributed by atoms with Gasteiger partial charge in [0.25, 0.3) is 0 Å². The van der Waals surface area contributed by atoms with E-state index in [2.05, 4.69) is 38.2 Å². The highest BCUT2D eigenvalue weighted by Crippen LogP contribution is 2.04. The maximum absolute atomic E-state index is 5.37. The fourth-order valence-corrected chi connectivity index (χ4v) is 1.10. The van der Waals surface area contributed by atoms with Crippen LogP contribution in [-0.2, 0) is 0 Å². The van der Waals surface area contributed by atoms with Crippen LogP contribution < -0.4 is 16.4 Å². The van der Waals surface area contributed by atoms with Crippen LogP contribution in [0, 0.1) is 6.92 Å². The number of aryl methyl sites for hydroxylation is 1. The zero-order chi connectivity index (χ0) is 11.1. The Labute approximate surface area is 94.5 Å². The Hall–Kier alpha value is -1.08. The minimum atomic E-state index is 0.546. The molecule has 0 aromatic carbocycles. The number of aromatic nitrogens is 3. The molecule has 15 heavy (non-hydrogen) atoms. The molecule has 7 heteroatoms. The Bertz CT molecular complexity index is 279. The van der Waals surface area contributed by atoms with Crippen molar-refractivity contribution >= 4 is 24.5 Å². The van der Waals surface area contributed by atoms with E-state index in [0.717, 1.165) is 12.3 Å². The lowest BCUT2D eigenvalue weighted by Gasteiger charge is -2.07. The number of nitrogens with one attached hydrogen (secondary N) is 2. The molecule has 4 N–H and O–H groups in total. The fraction of sp³-hybridized carbons (Fsp3) is 0.625. The highest BCUT2D eigenvalue weighted by molar-refractivity contribution is 7.80. The molecular formula is C8H16N6S. The Morgan fingerprint density at radius 1 is 1.13 bits per heavy atom. The zero-order valence-electron chi connectivity index (χ0n) is 8.69. The summed E-state index contributed by atoms with van der Waals surface area (Å²) in [5, 5.41) is 6.05. The number of hydrogen-bond acceptors (Lipinski definition) is 7. The second-order valence-electron chi connectivity index (χ2n) is 2.90. The number of hydrogen-bond donors (Lipinski definition) is 4. The molecule has 0 aliphatic rings. The van der Waals surface area contributed by atoms with Gasteiger partial charge in [-0.3, -0.25) is 0 Å². The van der Waals surface area contributed by atoms with Gasteiger partial charge in [-0.05, 0) is 6.92 Å². The summed E-state index contributed by atoms with van der Waals surface area (Å²) >= 11 is 4.09. The van der Waals surface area contributed by atoms with E-state index in [1.807, 2.05) is 6.92 Å². The molecule has 0 saturated carbocycles. The van der Waals surface area contributed by atoms with Gasteiger partial charge in [-0.1, -0.05) is 0 Å². The fourth-order valence-electron chi connectivity index (χ4n) is 0.992. The van der Waals surface area contributed by atoms with Gasteiger partial charge >= 0.3 is 0 Å². The predicted octanol–water partition coefficient (Wildman–Crippen LogP) is -0.108. The van der Waals surface area contributed by atoms with Crippen molar-refractivity contribution in [2.75, 3.05) is 36.0 Å². The van der Waals surface area contributed by atoms with Crippen molar-refractivity contribution in [2.45, 2.75) is 6.92 Å². The van der Waals surface area contributed by atoms with E-state index < -0.39 is 0 Å². The molecule has 0 atom stereocenters. The van der Waals surface area contributed by atoms with E-state index in [1.165, 1.54) is 0 Å². The molecule has 0 amide bonds. The molecule has 1 rings (SSSR count). The van der Waals surface area contributed by atoms with Crippen LogP contribution in [0.2, 0.25) is 0 Å². The van der Waals surface area contributed by atoms with Crippen molar-refractivity contribution < 1.29 is 0 Å². The molecule has 0 aliphatic carbocycles. The first-order valence-corrected chi connectivity index (χ1v) is 5.41. The minimum absolute atomic E-state index is 0.546. The third-order valence-corrected chi connectivity index (χ3v) is 1.79. The summed E-state index contributed by atoms with van der Waals surface area (Å²) in [6.45, 7) is 3.74. The molecule has 6 nitrogen and oxygen atoms in total. The molecule has 84 valence electrons. The molecule has 0 spiro atoms. The molecule has 0 aliphatic heterocycles. The van der Waals surface area contributed by atoms with Crippen LogP contribution in [0.5, 0.6) is 0 Å². The molecule has 0 radical (unpaired) electrons. The zero-order valence-corrected chi connectivity index (χ0v) is 9.59. The van der Waals surface area contributed by atoms with E-state index >= 15 is 0 Å². The summed E-state index contributed by atoms with van der Waals surface area (Å²) in [4.78, 5) is 12.4. The van der Waals surface area contributed by atoms with Crippen LogP contribution in [0.15, 0.2) is 0 Å². The molecule has 0 bridgehead atoms. The molecule has 0 fully saturated rings. The van der Waals surface area contributed by atoms with Gasteiger partial charge < -0.3 is 16.4 Å². The van der Waals surface area contributed by atoms with Gasteiger partial charge in [0.2, 0.25) is 11.9 Å². The standard InChI is InChI=1S/C8H16N6S/c1-6-12-7(10-3-2-9)14-8(13-6)11-4-5-15/h15H,2-5,9H2,1H3,(H2,10,11,12,13,14). The Morgan fingerprint density at radius 2 is 1.73 bits per heavy atom. The lowest BCUT2D eigenvalue weighted by Crippen LogP contribution is -2.16. The third kappa shape index (κ3) is 4.30. The van der Waals surface area contributed by atoms with Crippen LogP contribution in [0.4, 0.5) is 11.9 Å². The SMILES string of the molecule is Cc1nc(NCCN)nc(NCCS)n1. The minimum Gasteiger partial charge on any atom is -0.353 e. The lowest BCUT2D eigenvalue weighted by atomic mass is 10.6. The van der Waals surface area contributed by atoms with Gasteiger partial charge in [-0.15, -0.1) is 0 Å². The van der Waals surface area contributed by atoms with E-state index in [4.69, 9.17) is 5.73 Å². The lowest BCUT2D eigenvalue weighted by molar-refractivity contribution is 0.932. The van der Waals surface area contributed by atoms with Crippen LogP contribution in [0.3, 0.4) is 0 Å². The topological polar surface area (TPSA) is 88.8 Å². The second kappa shape index (κ2) is 6.41. The van der Waals surface area contributed by atoms with Gasteiger partial charge in [0.15, 0.2) is 0 Å². The largest absolute Gasteiger partial charge is 0.353 e. The first kappa shape index (κ1) is 12.0. The van der Waals surface area contributed by atoms with Gasteiger partial charge in [-0.25, -0.2) is 0 Å². The smallest absolute Gasteiger partial charge is 0.227 e. The Morgan fingerprint density at radius 3 is 2.27 bits per heavy atom. The number of anilines is 2. The van der Waals surface area contributed by atoms with Crippen LogP contribution in [0.25, 0.3) is 0 Å². The number of rotatable bonds is 6. The van der Waals surface area contributed by atoms with Gasteiger partial charge in [0.05, 0.1) is 0 Å². The molecule has 1 aromatic rings. The highest BCUT2D eigenvalue weighted by atomic mass is 32.1. The summed E-state index contributed by atoms with van der Waals surface area (Å²) in [5.74, 6) is 2.52. The van der Waals surface area contributed by atoms with Gasteiger partial charge in [-0.2, -0.15) is 27.6 Å². The van der Waals surface area contributed by atoms with Crippen molar-refractivity contribution in [3.8, 4) is 0 Å². The van der Waals surface area contributed by atoms with Gasteiger partial charge in [0.1, 0.15) is 5.82 Å².